The first-order chi connectivity index (χ1) is 11.8. The van der Waals surface area contributed by atoms with Crippen molar-refractivity contribution in [1.29, 1.82) is 0 Å². The van der Waals surface area contributed by atoms with E-state index in [9.17, 15) is 9.90 Å². The number of carbonyl (C=O) groups excluding carboxylic acids is 1. The highest BCUT2D eigenvalue weighted by molar-refractivity contribution is 6.04. The molecule has 0 aliphatic rings. The summed E-state index contributed by atoms with van der Waals surface area (Å²) in [6.07, 6.45) is 3.04. The van der Waals surface area contributed by atoms with Crippen LogP contribution in [0.15, 0.2) is 42.7 Å². The van der Waals surface area contributed by atoms with Crippen LogP contribution >= 0.6 is 0 Å². The number of benzene rings is 1. The second kappa shape index (κ2) is 6.52. The van der Waals surface area contributed by atoms with Gasteiger partial charge in [-0.2, -0.15) is 0 Å². The van der Waals surface area contributed by atoms with Crippen molar-refractivity contribution in [2.45, 2.75) is 32.4 Å². The predicted octanol–water partition coefficient (Wildman–Crippen LogP) is 2.64. The molecule has 3 aromatic rings. The average molecular weight is 340 g/mol. The Morgan fingerprint density at radius 1 is 1.32 bits per heavy atom. The summed E-state index contributed by atoms with van der Waals surface area (Å²) in [6.45, 7) is 5.01. The molecule has 0 unspecified atom stereocenters. The monoisotopic (exact) mass is 340 g/mol. The molecule has 3 N–H and O–H groups in total. The van der Waals surface area contributed by atoms with Crippen molar-refractivity contribution in [2.24, 2.45) is 0 Å². The smallest absolute Gasteiger partial charge is 0.255 e. The lowest BCUT2D eigenvalue weighted by Crippen LogP contribution is -2.47. The Kier molecular flexibility index (Phi) is 4.41. The molecule has 0 aliphatic carbocycles. The Bertz CT molecular complexity index is 884. The second-order valence-corrected chi connectivity index (χ2v) is 6.37. The van der Waals surface area contributed by atoms with Gasteiger partial charge in [-0.3, -0.25) is 4.79 Å². The van der Waals surface area contributed by atoms with Gasteiger partial charge in [-0.25, -0.2) is 9.97 Å². The Morgan fingerprint density at radius 3 is 2.72 bits per heavy atom. The molecular weight excluding hydrogens is 320 g/mol. The number of aliphatic hydroxyl groups is 1. The summed E-state index contributed by atoms with van der Waals surface area (Å²) < 4.78 is 5.67. The first-order valence-corrected chi connectivity index (χ1v) is 7.95. The maximum Gasteiger partial charge on any atom is 0.255 e. The minimum atomic E-state index is -1.03. The van der Waals surface area contributed by atoms with Gasteiger partial charge in [0.2, 0.25) is 5.88 Å². The molecule has 0 bridgehead atoms. The number of hydrogen-bond donors (Lipinski definition) is 3. The standard InChI is InChI=1S/C18H20N4O3/c1-11(18(2,3)24)21-17(23)13-9-19-16-15(13)22-14(10-20-16)25-12-7-5-4-6-8-12/h4-11,24H,1-3H3,(H,19,20)(H,21,23)/t11-/m1/s1. The molecule has 130 valence electrons. The fourth-order valence-electron chi connectivity index (χ4n) is 2.16. The molecule has 0 aliphatic heterocycles. The molecule has 0 fully saturated rings. The number of nitrogens with zero attached hydrogens (tertiary/aromatic N) is 2. The number of hydrogen-bond acceptors (Lipinski definition) is 5. The van der Waals surface area contributed by atoms with E-state index in [-0.39, 0.29) is 5.91 Å². The van der Waals surface area contributed by atoms with Crippen molar-refractivity contribution in [1.82, 2.24) is 20.3 Å². The van der Waals surface area contributed by atoms with Crippen LogP contribution in [-0.4, -0.2) is 37.6 Å². The number of rotatable bonds is 5. The number of carbonyl (C=O) groups is 1. The van der Waals surface area contributed by atoms with Gasteiger partial charge in [-0.15, -0.1) is 0 Å². The lowest BCUT2D eigenvalue weighted by molar-refractivity contribution is 0.0409. The van der Waals surface area contributed by atoms with Crippen LogP contribution in [-0.2, 0) is 0 Å². The summed E-state index contributed by atoms with van der Waals surface area (Å²) in [5.74, 6) is 0.586. The van der Waals surface area contributed by atoms with Gasteiger partial charge >= 0.3 is 0 Å². The summed E-state index contributed by atoms with van der Waals surface area (Å²) in [7, 11) is 0. The third-order valence-electron chi connectivity index (χ3n) is 3.98. The number of amides is 1. The Hall–Kier alpha value is -2.93. The van der Waals surface area contributed by atoms with Gasteiger partial charge in [0, 0.05) is 6.20 Å². The highest BCUT2D eigenvalue weighted by atomic mass is 16.5. The zero-order chi connectivity index (χ0) is 18.0. The van der Waals surface area contributed by atoms with E-state index >= 15 is 0 Å². The molecule has 1 aromatic carbocycles. The molecule has 1 amide bonds. The van der Waals surface area contributed by atoms with Crippen LogP contribution in [0.2, 0.25) is 0 Å². The van der Waals surface area contributed by atoms with E-state index < -0.39 is 11.6 Å². The van der Waals surface area contributed by atoms with Crippen LogP contribution in [0.4, 0.5) is 0 Å². The average Bonchev–Trinajstić information content (AvgIpc) is 2.98. The first kappa shape index (κ1) is 16.9. The molecule has 7 nitrogen and oxygen atoms in total. The number of para-hydroxylation sites is 1. The van der Waals surface area contributed by atoms with E-state index in [1.165, 1.54) is 6.20 Å². The van der Waals surface area contributed by atoms with Crippen LogP contribution in [0.5, 0.6) is 11.6 Å². The zero-order valence-electron chi connectivity index (χ0n) is 14.3. The summed E-state index contributed by atoms with van der Waals surface area (Å²) in [4.78, 5) is 24.0. The van der Waals surface area contributed by atoms with Crippen LogP contribution in [0, 0.1) is 0 Å². The summed E-state index contributed by atoms with van der Waals surface area (Å²) in [5, 5.41) is 12.7. The van der Waals surface area contributed by atoms with Crippen LogP contribution in [0.25, 0.3) is 11.2 Å². The largest absolute Gasteiger partial charge is 0.437 e. The topological polar surface area (TPSA) is 100 Å². The maximum atomic E-state index is 12.5. The van der Waals surface area contributed by atoms with Crippen LogP contribution in [0.3, 0.4) is 0 Å². The van der Waals surface area contributed by atoms with Gasteiger partial charge in [-0.05, 0) is 32.9 Å². The minimum Gasteiger partial charge on any atom is -0.437 e. The molecule has 0 radical (unpaired) electrons. The molecule has 3 rings (SSSR count). The highest BCUT2D eigenvalue weighted by Crippen LogP contribution is 2.22. The number of fused-ring (bicyclic) bond motifs is 1. The quantitative estimate of drug-likeness (QED) is 0.663. The van der Waals surface area contributed by atoms with E-state index in [4.69, 9.17) is 4.74 Å². The number of ether oxygens (including phenoxy) is 1. The van der Waals surface area contributed by atoms with E-state index in [2.05, 4.69) is 20.3 Å². The lowest BCUT2D eigenvalue weighted by atomic mass is 10.0. The van der Waals surface area contributed by atoms with E-state index in [0.717, 1.165) is 0 Å². The number of H-pyrrole nitrogens is 1. The van der Waals surface area contributed by atoms with E-state index in [1.54, 1.807) is 27.0 Å². The van der Waals surface area contributed by atoms with Crippen molar-refractivity contribution in [2.75, 3.05) is 0 Å². The molecule has 0 saturated heterocycles. The molecule has 2 heterocycles. The number of aromatic nitrogens is 3. The van der Waals surface area contributed by atoms with Crippen molar-refractivity contribution in [3.05, 3.63) is 48.3 Å². The van der Waals surface area contributed by atoms with Crippen molar-refractivity contribution < 1.29 is 14.6 Å². The Morgan fingerprint density at radius 2 is 2.04 bits per heavy atom. The van der Waals surface area contributed by atoms with Gasteiger partial charge in [0.05, 0.1) is 23.4 Å². The minimum absolute atomic E-state index is 0.294. The highest BCUT2D eigenvalue weighted by Gasteiger charge is 2.25. The molecule has 7 heteroatoms. The predicted molar refractivity (Wildman–Crippen MR) is 93.6 cm³/mol. The molecule has 1 atom stereocenters. The number of nitrogens with one attached hydrogen (secondary N) is 2. The van der Waals surface area contributed by atoms with Crippen molar-refractivity contribution in [3.8, 4) is 11.6 Å². The Labute approximate surface area is 145 Å². The van der Waals surface area contributed by atoms with Crippen LogP contribution in [0.1, 0.15) is 31.1 Å². The fraction of sp³-hybridized carbons (Fsp3) is 0.278. The molecular formula is C18H20N4O3. The Balaban J connectivity index is 1.87. The third-order valence-corrected chi connectivity index (χ3v) is 3.98. The summed E-state index contributed by atoms with van der Waals surface area (Å²) in [5.41, 5.74) is 0.210. The van der Waals surface area contributed by atoms with Crippen LogP contribution < -0.4 is 10.1 Å². The molecule has 2 aromatic heterocycles. The second-order valence-electron chi connectivity index (χ2n) is 6.37. The maximum absolute atomic E-state index is 12.5. The molecule has 0 saturated carbocycles. The molecule has 0 spiro atoms. The van der Waals surface area contributed by atoms with Crippen molar-refractivity contribution in [3.63, 3.8) is 0 Å². The number of aromatic amines is 1. The van der Waals surface area contributed by atoms with Gasteiger partial charge < -0.3 is 20.1 Å². The lowest BCUT2D eigenvalue weighted by Gasteiger charge is -2.26. The van der Waals surface area contributed by atoms with Gasteiger partial charge in [-0.1, -0.05) is 18.2 Å². The van der Waals surface area contributed by atoms with Gasteiger partial charge in [0.25, 0.3) is 5.91 Å². The van der Waals surface area contributed by atoms with Gasteiger partial charge in [0.1, 0.15) is 11.3 Å². The third kappa shape index (κ3) is 3.77. The SMILES string of the molecule is C[C@@H](NC(=O)c1c[nH]c2ncc(Oc3ccccc3)nc12)C(C)(C)O. The zero-order valence-corrected chi connectivity index (χ0v) is 14.3. The van der Waals surface area contributed by atoms with E-state index in [0.29, 0.717) is 28.4 Å². The van der Waals surface area contributed by atoms with E-state index in [1.807, 2.05) is 30.3 Å². The van der Waals surface area contributed by atoms with Crippen molar-refractivity contribution >= 4 is 17.1 Å². The molecule has 25 heavy (non-hydrogen) atoms. The normalized spacial score (nSPS) is 12.8. The first-order valence-electron chi connectivity index (χ1n) is 7.95. The summed E-state index contributed by atoms with van der Waals surface area (Å²) >= 11 is 0. The summed E-state index contributed by atoms with van der Waals surface area (Å²) in [6, 6.07) is 8.79. The van der Waals surface area contributed by atoms with Gasteiger partial charge in [0.15, 0.2) is 5.65 Å². The fourth-order valence-corrected chi connectivity index (χ4v) is 2.16.